The Morgan fingerprint density at radius 2 is 2.00 bits per heavy atom. The van der Waals surface area contributed by atoms with Gasteiger partial charge in [0.2, 0.25) is 0 Å². The van der Waals surface area contributed by atoms with Crippen LogP contribution in [0.25, 0.3) is 11.0 Å². The Bertz CT molecular complexity index is 807. The van der Waals surface area contributed by atoms with Gasteiger partial charge in [-0.05, 0) is 23.3 Å². The summed E-state index contributed by atoms with van der Waals surface area (Å²) in [5.41, 5.74) is 10.1. The molecule has 6 nitrogen and oxygen atoms in total. The molecule has 6 heteroatoms. The van der Waals surface area contributed by atoms with Crippen molar-refractivity contribution in [2.45, 2.75) is 13.1 Å². The Morgan fingerprint density at radius 1 is 1.15 bits per heavy atom. The number of aromatic nitrogens is 4. The van der Waals surface area contributed by atoms with Gasteiger partial charge in [-0.1, -0.05) is 6.07 Å². The van der Waals surface area contributed by atoms with Gasteiger partial charge in [0, 0.05) is 25.8 Å². The third-order valence-corrected chi connectivity index (χ3v) is 3.76. The summed E-state index contributed by atoms with van der Waals surface area (Å²) >= 11 is 0. The van der Waals surface area contributed by atoms with Crippen molar-refractivity contribution in [2.75, 3.05) is 10.6 Å². The number of fused-ring (bicyclic) bond motifs is 2. The van der Waals surface area contributed by atoms with Gasteiger partial charge >= 0.3 is 0 Å². The number of anilines is 2. The first-order valence-electron chi connectivity index (χ1n) is 6.47. The number of hydrogen-bond donors (Lipinski definition) is 1. The van der Waals surface area contributed by atoms with Crippen LogP contribution in [0.1, 0.15) is 11.1 Å². The van der Waals surface area contributed by atoms with E-state index >= 15 is 0 Å². The van der Waals surface area contributed by atoms with Crippen LogP contribution in [-0.2, 0) is 20.1 Å². The third-order valence-electron chi connectivity index (χ3n) is 3.76. The Morgan fingerprint density at radius 3 is 2.90 bits per heavy atom. The predicted octanol–water partition coefficient (Wildman–Crippen LogP) is 1.47. The van der Waals surface area contributed by atoms with E-state index in [0.29, 0.717) is 0 Å². The zero-order valence-electron chi connectivity index (χ0n) is 11.1. The van der Waals surface area contributed by atoms with Crippen molar-refractivity contribution < 1.29 is 0 Å². The molecule has 0 bridgehead atoms. The average Bonchev–Trinajstić information content (AvgIpc) is 3.02. The van der Waals surface area contributed by atoms with Gasteiger partial charge < -0.3 is 10.6 Å². The zero-order valence-corrected chi connectivity index (χ0v) is 11.1. The van der Waals surface area contributed by atoms with E-state index in [2.05, 4.69) is 26.0 Å². The van der Waals surface area contributed by atoms with Crippen molar-refractivity contribution in [1.82, 2.24) is 19.7 Å². The molecule has 20 heavy (non-hydrogen) atoms. The molecular formula is C14H14N6. The predicted molar refractivity (Wildman–Crippen MR) is 77.0 cm³/mol. The summed E-state index contributed by atoms with van der Waals surface area (Å²) < 4.78 is 1.77. The van der Waals surface area contributed by atoms with Gasteiger partial charge in [-0.3, -0.25) is 4.68 Å². The lowest BCUT2D eigenvalue weighted by Crippen LogP contribution is -2.16. The fraction of sp³-hybridized carbons (Fsp3) is 0.214. The molecule has 3 aromatic rings. The van der Waals surface area contributed by atoms with E-state index in [0.717, 1.165) is 35.6 Å². The van der Waals surface area contributed by atoms with Crippen molar-refractivity contribution in [3.8, 4) is 0 Å². The van der Waals surface area contributed by atoms with Gasteiger partial charge in [-0.25, -0.2) is 9.97 Å². The maximum Gasteiger partial charge on any atom is 0.163 e. The van der Waals surface area contributed by atoms with Gasteiger partial charge in [0.25, 0.3) is 0 Å². The highest BCUT2D eigenvalue weighted by Gasteiger charge is 2.22. The second kappa shape index (κ2) is 3.93. The van der Waals surface area contributed by atoms with E-state index in [4.69, 9.17) is 5.73 Å². The highest BCUT2D eigenvalue weighted by Crippen LogP contribution is 2.31. The van der Waals surface area contributed by atoms with Crippen molar-refractivity contribution in [3.05, 3.63) is 41.9 Å². The minimum absolute atomic E-state index is 0.805. The number of nitrogen functional groups attached to an aromatic ring is 1. The monoisotopic (exact) mass is 266 g/mol. The molecule has 1 aromatic carbocycles. The van der Waals surface area contributed by atoms with Crippen molar-refractivity contribution in [3.63, 3.8) is 0 Å². The number of hydrogen-bond acceptors (Lipinski definition) is 5. The molecule has 0 fully saturated rings. The van der Waals surface area contributed by atoms with E-state index < -0.39 is 0 Å². The van der Waals surface area contributed by atoms with Crippen LogP contribution >= 0.6 is 0 Å². The number of benzene rings is 1. The van der Waals surface area contributed by atoms with Crippen LogP contribution in [0.15, 0.2) is 30.7 Å². The summed E-state index contributed by atoms with van der Waals surface area (Å²) in [6.45, 7) is 1.66. The van der Waals surface area contributed by atoms with Crippen LogP contribution in [0.3, 0.4) is 0 Å². The van der Waals surface area contributed by atoms with Crippen LogP contribution in [0, 0.1) is 0 Å². The molecule has 0 atom stereocenters. The number of rotatable bonds is 1. The van der Waals surface area contributed by atoms with E-state index in [1.54, 1.807) is 11.0 Å². The normalized spacial score (nSPS) is 13.9. The topological polar surface area (TPSA) is 72.9 Å². The molecule has 3 heterocycles. The van der Waals surface area contributed by atoms with Crippen LogP contribution in [0.5, 0.6) is 0 Å². The Labute approximate surface area is 115 Å². The Hall–Kier alpha value is -2.63. The fourth-order valence-electron chi connectivity index (χ4n) is 2.77. The molecule has 0 aliphatic carbocycles. The first-order chi connectivity index (χ1) is 9.72. The quantitative estimate of drug-likeness (QED) is 0.675. The van der Waals surface area contributed by atoms with Crippen molar-refractivity contribution in [2.24, 2.45) is 7.05 Å². The summed E-state index contributed by atoms with van der Waals surface area (Å²) in [4.78, 5) is 10.9. The molecule has 0 saturated carbocycles. The Kier molecular flexibility index (Phi) is 2.20. The lowest BCUT2D eigenvalue weighted by Gasteiger charge is -2.16. The van der Waals surface area contributed by atoms with E-state index in [9.17, 15) is 0 Å². The van der Waals surface area contributed by atoms with Crippen LogP contribution in [0.4, 0.5) is 11.5 Å². The smallest absolute Gasteiger partial charge is 0.163 e. The van der Waals surface area contributed by atoms with Gasteiger partial charge in [-0.15, -0.1) is 0 Å². The summed E-state index contributed by atoms with van der Waals surface area (Å²) in [6.07, 6.45) is 3.42. The lowest BCUT2D eigenvalue weighted by molar-refractivity contribution is 0.784. The third kappa shape index (κ3) is 1.54. The molecule has 1 aliphatic rings. The number of aryl methyl sites for hydroxylation is 1. The highest BCUT2D eigenvalue weighted by atomic mass is 15.3. The van der Waals surface area contributed by atoms with Gasteiger partial charge in [-0.2, -0.15) is 5.10 Å². The summed E-state index contributed by atoms with van der Waals surface area (Å²) in [5, 5.41) is 5.24. The molecule has 0 amide bonds. The van der Waals surface area contributed by atoms with Crippen LogP contribution in [0.2, 0.25) is 0 Å². The summed E-state index contributed by atoms with van der Waals surface area (Å²) in [7, 11) is 1.89. The van der Waals surface area contributed by atoms with Gasteiger partial charge in [0.05, 0.1) is 11.6 Å². The average molecular weight is 266 g/mol. The molecule has 0 spiro atoms. The summed E-state index contributed by atoms with van der Waals surface area (Å²) in [6, 6.07) is 6.07. The molecular weight excluding hydrogens is 252 g/mol. The van der Waals surface area contributed by atoms with E-state index in [1.165, 1.54) is 11.1 Å². The number of nitrogens with zero attached hydrogens (tertiary/aromatic N) is 5. The molecule has 0 radical (unpaired) electrons. The SMILES string of the molecule is Cn1ncc2c(N3Cc4ccc(N)cc4C3)ncnc21. The van der Waals surface area contributed by atoms with Crippen LogP contribution < -0.4 is 10.6 Å². The molecule has 0 unspecified atom stereocenters. The minimum atomic E-state index is 0.805. The first kappa shape index (κ1) is 11.2. The second-order valence-corrected chi connectivity index (χ2v) is 5.09. The van der Waals surface area contributed by atoms with Gasteiger partial charge in [0.1, 0.15) is 12.1 Å². The lowest BCUT2D eigenvalue weighted by atomic mass is 10.1. The molecule has 4 rings (SSSR count). The Balaban J connectivity index is 1.79. The molecule has 2 N–H and O–H groups in total. The zero-order chi connectivity index (χ0) is 13.7. The molecule has 1 aliphatic heterocycles. The first-order valence-corrected chi connectivity index (χ1v) is 6.47. The summed E-state index contributed by atoms with van der Waals surface area (Å²) in [5.74, 6) is 0.929. The largest absolute Gasteiger partial charge is 0.399 e. The molecule has 2 aromatic heterocycles. The second-order valence-electron chi connectivity index (χ2n) is 5.09. The van der Waals surface area contributed by atoms with E-state index in [1.807, 2.05) is 25.4 Å². The maximum atomic E-state index is 5.85. The van der Waals surface area contributed by atoms with Crippen molar-refractivity contribution in [1.29, 1.82) is 0 Å². The minimum Gasteiger partial charge on any atom is -0.399 e. The number of nitrogens with two attached hydrogens (primary N) is 1. The molecule has 0 saturated heterocycles. The van der Waals surface area contributed by atoms with Crippen molar-refractivity contribution >= 4 is 22.5 Å². The fourth-order valence-corrected chi connectivity index (χ4v) is 2.77. The standard InChI is InChI=1S/C14H14N6/c1-19-13-12(5-18-19)14(17-8-16-13)20-6-9-2-3-11(15)4-10(9)7-20/h2-5,8H,6-7,15H2,1H3. The highest BCUT2D eigenvalue weighted by molar-refractivity contribution is 5.86. The maximum absolute atomic E-state index is 5.85. The molecule has 100 valence electrons. The van der Waals surface area contributed by atoms with Crippen LogP contribution in [-0.4, -0.2) is 19.7 Å². The van der Waals surface area contributed by atoms with E-state index in [-0.39, 0.29) is 0 Å². The van der Waals surface area contributed by atoms with Gasteiger partial charge in [0.15, 0.2) is 5.65 Å².